The molecule has 36 heavy (non-hydrogen) atoms. The molecular formula is C28H39N5O3. The van der Waals surface area contributed by atoms with E-state index in [-0.39, 0.29) is 17.9 Å². The molecule has 2 aliphatic carbocycles. The summed E-state index contributed by atoms with van der Waals surface area (Å²) in [7, 11) is 0. The van der Waals surface area contributed by atoms with Crippen molar-refractivity contribution in [2.24, 2.45) is 21.7 Å². The third kappa shape index (κ3) is 5.38. The number of amides is 1. The number of fused-ring (bicyclic) bond motifs is 1. The number of hydrogen-bond acceptors (Lipinski definition) is 7. The van der Waals surface area contributed by atoms with Crippen LogP contribution in [-0.2, 0) is 4.79 Å². The van der Waals surface area contributed by atoms with Gasteiger partial charge >= 0.3 is 0 Å². The summed E-state index contributed by atoms with van der Waals surface area (Å²) in [5.41, 5.74) is 7.13. The molecule has 0 radical (unpaired) electrons. The van der Waals surface area contributed by atoms with Gasteiger partial charge in [0.1, 0.15) is 11.4 Å². The molecule has 3 aliphatic rings. The van der Waals surface area contributed by atoms with Crippen LogP contribution in [0.15, 0.2) is 40.9 Å². The third-order valence-corrected chi connectivity index (χ3v) is 7.62. The molecule has 1 amide bonds. The van der Waals surface area contributed by atoms with Gasteiger partial charge in [-0.3, -0.25) is 4.79 Å². The lowest BCUT2D eigenvalue weighted by molar-refractivity contribution is -0.131. The van der Waals surface area contributed by atoms with E-state index in [1.807, 2.05) is 13.8 Å². The number of aliphatic hydroxyl groups excluding tert-OH is 1. The van der Waals surface area contributed by atoms with E-state index < -0.39 is 11.0 Å². The number of aliphatic imine (C=N–C) groups is 1. The maximum atomic E-state index is 12.3. The van der Waals surface area contributed by atoms with Gasteiger partial charge in [-0.05, 0) is 83.6 Å². The van der Waals surface area contributed by atoms with E-state index in [9.17, 15) is 9.90 Å². The van der Waals surface area contributed by atoms with Gasteiger partial charge in [-0.2, -0.15) is 4.98 Å². The first-order valence-electron chi connectivity index (χ1n) is 12.8. The second kappa shape index (κ2) is 9.81. The second-order valence-electron chi connectivity index (χ2n) is 11.5. The number of aromatic nitrogens is 2. The summed E-state index contributed by atoms with van der Waals surface area (Å²) in [6.07, 6.45) is 16.2. The fraction of sp³-hybridized carbons (Fsp3) is 0.571. The van der Waals surface area contributed by atoms with Gasteiger partial charge < -0.3 is 20.9 Å². The fourth-order valence-corrected chi connectivity index (χ4v) is 5.12. The van der Waals surface area contributed by atoms with Crippen molar-refractivity contribution >= 4 is 23.1 Å². The molecule has 1 fully saturated rings. The minimum absolute atomic E-state index is 0.0830. The predicted molar refractivity (Wildman–Crippen MR) is 142 cm³/mol. The fourth-order valence-electron chi connectivity index (χ4n) is 5.12. The number of rotatable bonds is 5. The smallest absolute Gasteiger partial charge is 0.246 e. The van der Waals surface area contributed by atoms with Crippen LogP contribution in [0.5, 0.6) is 5.88 Å². The Morgan fingerprint density at radius 2 is 2.00 bits per heavy atom. The molecular weight excluding hydrogens is 454 g/mol. The minimum Gasteiger partial charge on any atom is -0.463 e. The van der Waals surface area contributed by atoms with Crippen molar-refractivity contribution in [2.45, 2.75) is 72.3 Å². The van der Waals surface area contributed by atoms with Crippen LogP contribution in [0.3, 0.4) is 0 Å². The van der Waals surface area contributed by atoms with Crippen molar-refractivity contribution in [3.63, 3.8) is 0 Å². The summed E-state index contributed by atoms with van der Waals surface area (Å²) in [6.45, 7) is 9.81. The monoisotopic (exact) mass is 493 g/mol. The van der Waals surface area contributed by atoms with Gasteiger partial charge in [-0.15, -0.1) is 0 Å². The Morgan fingerprint density at radius 3 is 2.69 bits per heavy atom. The normalized spacial score (nSPS) is 28.4. The van der Waals surface area contributed by atoms with E-state index in [0.29, 0.717) is 35.7 Å². The molecule has 0 saturated heterocycles. The lowest BCUT2D eigenvalue weighted by Crippen LogP contribution is -2.42. The molecule has 1 spiro atoms. The Hall–Kier alpha value is -3.00. The first kappa shape index (κ1) is 26.1. The van der Waals surface area contributed by atoms with E-state index in [4.69, 9.17) is 15.5 Å². The predicted octanol–water partition coefficient (Wildman–Crippen LogP) is 4.36. The quantitative estimate of drug-likeness (QED) is 0.560. The number of carbonyl (C=O) groups is 1. The molecule has 1 aromatic rings. The minimum atomic E-state index is -0.741. The standard InChI is InChI=1S/C28H39N5O3/c1-18-31-23(29)21-24(32-18)36-27(4,5)22(33-21)20-8-6-12-28(13-7-9-20)14-10-19(11-15-28)16-30-25(35)26(2,3)17-34/h6-9,12,19,34H,10-11,13-17H2,1-5H3,(H,30,35)(H2,29,31,32)/b9-7-,12-6+,20-8-. The first-order chi connectivity index (χ1) is 16.9. The number of aliphatic hydroxyl groups is 1. The highest BCUT2D eigenvalue weighted by Gasteiger charge is 2.37. The Labute approximate surface area is 213 Å². The molecule has 0 unspecified atom stereocenters. The van der Waals surface area contributed by atoms with Crippen LogP contribution in [0.25, 0.3) is 0 Å². The number of nitrogens with one attached hydrogen (secondary N) is 1. The van der Waals surface area contributed by atoms with Crippen LogP contribution in [0.4, 0.5) is 11.5 Å². The summed E-state index contributed by atoms with van der Waals surface area (Å²) in [6, 6.07) is 0. The molecule has 0 aromatic carbocycles. The van der Waals surface area contributed by atoms with Crippen LogP contribution in [0.1, 0.15) is 65.6 Å². The SMILES string of the molecule is Cc1nc(N)c2c(n1)OC(C)(C)C(C1=C\C=C\C3(C/C=C\1)CCC(CNC(=O)C(C)(C)CO)CC3)=N2. The number of carbonyl (C=O) groups excluding carboxylic acids is 1. The highest BCUT2D eigenvalue weighted by atomic mass is 16.5. The third-order valence-electron chi connectivity index (χ3n) is 7.62. The van der Waals surface area contributed by atoms with Gasteiger partial charge in [0.05, 0.1) is 17.7 Å². The van der Waals surface area contributed by atoms with E-state index >= 15 is 0 Å². The Kier molecular flexibility index (Phi) is 7.10. The van der Waals surface area contributed by atoms with Crippen LogP contribution < -0.4 is 15.8 Å². The summed E-state index contributed by atoms with van der Waals surface area (Å²) < 4.78 is 6.20. The highest BCUT2D eigenvalue weighted by molar-refractivity contribution is 6.11. The lowest BCUT2D eigenvalue weighted by atomic mass is 9.68. The average Bonchev–Trinajstić information content (AvgIpc) is 2.80. The van der Waals surface area contributed by atoms with Gasteiger partial charge in [-0.1, -0.05) is 30.4 Å². The first-order valence-corrected chi connectivity index (χ1v) is 12.8. The molecule has 8 nitrogen and oxygen atoms in total. The molecule has 1 aromatic heterocycles. The summed E-state index contributed by atoms with van der Waals surface area (Å²) in [5, 5.41) is 12.4. The van der Waals surface area contributed by atoms with Gasteiger partial charge in [0.2, 0.25) is 11.8 Å². The molecule has 0 bridgehead atoms. The summed E-state index contributed by atoms with van der Waals surface area (Å²) in [5.74, 6) is 1.69. The number of hydrogen-bond donors (Lipinski definition) is 3. The number of nitrogens with two attached hydrogens (primary N) is 1. The molecule has 8 heteroatoms. The summed E-state index contributed by atoms with van der Waals surface area (Å²) >= 11 is 0. The number of allylic oxidation sites excluding steroid dienone is 5. The second-order valence-corrected chi connectivity index (χ2v) is 11.5. The van der Waals surface area contributed by atoms with Gasteiger partial charge in [-0.25, -0.2) is 9.98 Å². The lowest BCUT2D eigenvalue weighted by Gasteiger charge is -2.38. The van der Waals surface area contributed by atoms with Gasteiger partial charge in [0, 0.05) is 6.54 Å². The van der Waals surface area contributed by atoms with Crippen LogP contribution in [-0.4, -0.2) is 45.4 Å². The molecule has 4 rings (SSSR count). The number of nitrogens with zero attached hydrogens (tertiary/aromatic N) is 3. The Bertz CT molecular complexity index is 1140. The van der Waals surface area contributed by atoms with E-state index in [2.05, 4.69) is 45.7 Å². The van der Waals surface area contributed by atoms with Crippen molar-refractivity contribution in [1.29, 1.82) is 0 Å². The number of aryl methyl sites for hydroxylation is 1. The van der Waals surface area contributed by atoms with Crippen LogP contribution in [0.2, 0.25) is 0 Å². The largest absolute Gasteiger partial charge is 0.463 e. The molecule has 194 valence electrons. The van der Waals surface area contributed by atoms with Crippen molar-refractivity contribution in [1.82, 2.24) is 15.3 Å². The van der Waals surface area contributed by atoms with Crippen molar-refractivity contribution in [3.05, 3.63) is 41.8 Å². The number of nitrogen functional groups attached to an aromatic ring is 1. The Balaban J connectivity index is 1.45. The molecule has 1 saturated carbocycles. The van der Waals surface area contributed by atoms with Gasteiger partial charge in [0.15, 0.2) is 11.5 Å². The van der Waals surface area contributed by atoms with E-state index in [1.165, 1.54) is 0 Å². The average molecular weight is 494 g/mol. The summed E-state index contributed by atoms with van der Waals surface area (Å²) in [4.78, 5) is 25.8. The zero-order valence-electron chi connectivity index (χ0n) is 22.1. The van der Waals surface area contributed by atoms with Crippen LogP contribution >= 0.6 is 0 Å². The maximum absolute atomic E-state index is 12.3. The topological polar surface area (TPSA) is 123 Å². The van der Waals surface area contributed by atoms with Crippen LogP contribution in [0, 0.1) is 23.7 Å². The van der Waals surface area contributed by atoms with Crippen molar-refractivity contribution in [3.8, 4) is 5.88 Å². The zero-order chi connectivity index (χ0) is 26.1. The highest BCUT2D eigenvalue weighted by Crippen LogP contribution is 2.44. The zero-order valence-corrected chi connectivity index (χ0v) is 22.1. The maximum Gasteiger partial charge on any atom is 0.246 e. The van der Waals surface area contributed by atoms with E-state index in [1.54, 1.807) is 20.8 Å². The molecule has 0 atom stereocenters. The molecule has 4 N–H and O–H groups in total. The van der Waals surface area contributed by atoms with E-state index in [0.717, 1.165) is 43.4 Å². The van der Waals surface area contributed by atoms with Gasteiger partial charge in [0.25, 0.3) is 0 Å². The number of anilines is 1. The number of ether oxygens (including phenoxy) is 1. The Morgan fingerprint density at radius 1 is 1.28 bits per heavy atom. The van der Waals surface area contributed by atoms with Crippen molar-refractivity contribution in [2.75, 3.05) is 18.9 Å². The van der Waals surface area contributed by atoms with Crippen molar-refractivity contribution < 1.29 is 14.6 Å². The molecule has 1 aliphatic heterocycles. The molecule has 2 heterocycles.